The van der Waals surface area contributed by atoms with Gasteiger partial charge in [-0.25, -0.2) is 4.79 Å². The summed E-state index contributed by atoms with van der Waals surface area (Å²) >= 11 is 1.68. The van der Waals surface area contributed by atoms with E-state index < -0.39 is 10.8 Å². The fourth-order valence-corrected chi connectivity index (χ4v) is 3.27. The number of hydrogen-bond donors (Lipinski definition) is 2. The van der Waals surface area contributed by atoms with Gasteiger partial charge in [-0.15, -0.1) is 0 Å². The van der Waals surface area contributed by atoms with Crippen molar-refractivity contribution in [2.24, 2.45) is 0 Å². The molecular formula is C17H20N2O2S2. The van der Waals surface area contributed by atoms with Gasteiger partial charge in [0.25, 0.3) is 0 Å². The minimum Gasteiger partial charge on any atom is -0.337 e. The molecule has 0 aliphatic carbocycles. The lowest BCUT2D eigenvalue weighted by Gasteiger charge is -2.11. The first-order valence-corrected chi connectivity index (χ1v) is 9.82. The molecule has 1 unspecified atom stereocenters. The van der Waals surface area contributed by atoms with Crippen LogP contribution in [0.15, 0.2) is 64.4 Å². The smallest absolute Gasteiger partial charge is 0.315 e. The summed E-state index contributed by atoms with van der Waals surface area (Å²) in [5.74, 6) is 0.466. The van der Waals surface area contributed by atoms with Crippen LogP contribution in [0.2, 0.25) is 0 Å². The zero-order chi connectivity index (χ0) is 16.5. The Morgan fingerprint density at radius 1 is 1.04 bits per heavy atom. The van der Waals surface area contributed by atoms with Crippen molar-refractivity contribution >= 4 is 28.6 Å². The highest BCUT2D eigenvalue weighted by Gasteiger charge is 2.06. The highest BCUT2D eigenvalue weighted by molar-refractivity contribution is 7.99. The molecule has 0 aliphatic heterocycles. The topological polar surface area (TPSA) is 58.2 Å². The van der Waals surface area contributed by atoms with E-state index in [2.05, 4.69) is 22.8 Å². The van der Waals surface area contributed by atoms with E-state index in [9.17, 15) is 9.00 Å². The van der Waals surface area contributed by atoms with Gasteiger partial charge in [-0.05, 0) is 23.8 Å². The number of carbonyl (C=O) groups excluding carboxylic acids is 1. The van der Waals surface area contributed by atoms with Gasteiger partial charge in [0, 0.05) is 45.7 Å². The minimum absolute atomic E-state index is 0.241. The Bertz CT molecular complexity index is 663. The molecule has 1 atom stereocenters. The molecule has 2 rings (SSSR count). The molecule has 0 bridgehead atoms. The number of hydrogen-bond acceptors (Lipinski definition) is 3. The molecule has 0 saturated carbocycles. The SMILES string of the molecule is CS(=O)CCNC(=O)NCc1ccccc1Sc1ccccc1. The number of urea groups is 1. The van der Waals surface area contributed by atoms with Crippen LogP contribution in [0.5, 0.6) is 0 Å². The van der Waals surface area contributed by atoms with Crippen molar-refractivity contribution in [1.29, 1.82) is 0 Å². The molecule has 122 valence electrons. The molecule has 2 aromatic rings. The predicted molar refractivity (Wildman–Crippen MR) is 96.2 cm³/mol. The van der Waals surface area contributed by atoms with Crippen LogP contribution in [0.4, 0.5) is 4.79 Å². The third kappa shape index (κ3) is 6.46. The summed E-state index contributed by atoms with van der Waals surface area (Å²) in [6.07, 6.45) is 1.62. The lowest BCUT2D eigenvalue weighted by Crippen LogP contribution is -2.37. The van der Waals surface area contributed by atoms with Gasteiger partial charge in [0.15, 0.2) is 0 Å². The highest BCUT2D eigenvalue weighted by atomic mass is 32.2. The van der Waals surface area contributed by atoms with Gasteiger partial charge in [0.1, 0.15) is 0 Å². The van der Waals surface area contributed by atoms with Gasteiger partial charge in [0.05, 0.1) is 0 Å². The number of rotatable bonds is 7. The average molecular weight is 348 g/mol. The van der Waals surface area contributed by atoms with Crippen LogP contribution >= 0.6 is 11.8 Å². The molecule has 0 radical (unpaired) electrons. The van der Waals surface area contributed by atoms with E-state index >= 15 is 0 Å². The molecule has 23 heavy (non-hydrogen) atoms. The second-order valence-electron chi connectivity index (χ2n) is 4.91. The van der Waals surface area contributed by atoms with Crippen molar-refractivity contribution in [2.75, 3.05) is 18.6 Å². The molecule has 0 aliphatic rings. The lowest BCUT2D eigenvalue weighted by molar-refractivity contribution is 0.241. The fraction of sp³-hybridized carbons (Fsp3) is 0.235. The summed E-state index contributed by atoms with van der Waals surface area (Å²) in [6.45, 7) is 0.867. The Kier molecular flexibility index (Phi) is 7.16. The van der Waals surface area contributed by atoms with Crippen molar-refractivity contribution in [2.45, 2.75) is 16.3 Å². The quantitative estimate of drug-likeness (QED) is 0.809. The van der Waals surface area contributed by atoms with Crippen molar-refractivity contribution < 1.29 is 9.00 Å². The van der Waals surface area contributed by atoms with Gasteiger partial charge in [-0.3, -0.25) is 4.21 Å². The van der Waals surface area contributed by atoms with Crippen LogP contribution in [0.1, 0.15) is 5.56 Å². The first kappa shape index (κ1) is 17.6. The second-order valence-corrected chi connectivity index (χ2v) is 7.58. The van der Waals surface area contributed by atoms with E-state index in [0.717, 1.165) is 15.4 Å². The molecule has 0 spiro atoms. The maximum atomic E-state index is 11.7. The molecule has 6 heteroatoms. The van der Waals surface area contributed by atoms with Crippen LogP contribution in [-0.2, 0) is 17.3 Å². The number of nitrogens with one attached hydrogen (secondary N) is 2. The zero-order valence-corrected chi connectivity index (χ0v) is 14.6. The summed E-state index contributed by atoms with van der Waals surface area (Å²) < 4.78 is 11.0. The number of benzene rings is 2. The van der Waals surface area contributed by atoms with Gasteiger partial charge < -0.3 is 10.6 Å². The van der Waals surface area contributed by atoms with E-state index in [1.165, 1.54) is 0 Å². The standard InChI is InChI=1S/C17H20N2O2S2/c1-23(21)12-11-18-17(20)19-13-14-7-5-6-10-16(14)22-15-8-3-2-4-9-15/h2-10H,11-13H2,1H3,(H2,18,19,20). The first-order chi connectivity index (χ1) is 11.1. The summed E-state index contributed by atoms with van der Waals surface area (Å²) in [5.41, 5.74) is 1.07. The van der Waals surface area contributed by atoms with Crippen LogP contribution in [-0.4, -0.2) is 28.8 Å². The molecule has 0 aromatic heterocycles. The van der Waals surface area contributed by atoms with E-state index in [1.807, 2.05) is 42.5 Å². The monoisotopic (exact) mass is 348 g/mol. The summed E-state index contributed by atoms with van der Waals surface area (Å²) in [4.78, 5) is 14.0. The van der Waals surface area contributed by atoms with Gasteiger partial charge >= 0.3 is 6.03 Å². The fourth-order valence-electron chi connectivity index (χ4n) is 1.91. The molecule has 2 aromatic carbocycles. The summed E-state index contributed by atoms with van der Waals surface area (Å²) in [5, 5.41) is 5.54. The molecule has 2 N–H and O–H groups in total. The molecule has 0 fully saturated rings. The Morgan fingerprint density at radius 2 is 1.74 bits per heavy atom. The van der Waals surface area contributed by atoms with Crippen molar-refractivity contribution in [3.8, 4) is 0 Å². The Balaban J connectivity index is 1.90. The maximum absolute atomic E-state index is 11.7. The van der Waals surface area contributed by atoms with Gasteiger partial charge in [0.2, 0.25) is 0 Å². The predicted octanol–water partition coefficient (Wildman–Crippen LogP) is 3.02. The molecule has 4 nitrogen and oxygen atoms in total. The number of carbonyl (C=O) groups is 1. The Morgan fingerprint density at radius 3 is 2.48 bits per heavy atom. The van der Waals surface area contributed by atoms with Crippen LogP contribution in [0.3, 0.4) is 0 Å². The Hall–Kier alpha value is -1.79. The van der Waals surface area contributed by atoms with Crippen molar-refractivity contribution in [3.05, 3.63) is 60.2 Å². The van der Waals surface area contributed by atoms with Crippen LogP contribution in [0, 0.1) is 0 Å². The normalized spacial score (nSPS) is 11.7. The molecule has 2 amide bonds. The third-order valence-corrected chi connectivity index (χ3v) is 4.96. The van der Waals surface area contributed by atoms with Gasteiger partial charge in [-0.2, -0.15) is 0 Å². The van der Waals surface area contributed by atoms with E-state index in [0.29, 0.717) is 18.8 Å². The average Bonchev–Trinajstić information content (AvgIpc) is 2.55. The van der Waals surface area contributed by atoms with Crippen LogP contribution in [0.25, 0.3) is 0 Å². The first-order valence-electron chi connectivity index (χ1n) is 7.27. The molecular weight excluding hydrogens is 328 g/mol. The maximum Gasteiger partial charge on any atom is 0.315 e. The zero-order valence-electron chi connectivity index (χ0n) is 13.0. The van der Waals surface area contributed by atoms with E-state index in [4.69, 9.17) is 0 Å². The largest absolute Gasteiger partial charge is 0.337 e. The molecule has 0 saturated heterocycles. The summed E-state index contributed by atoms with van der Waals surface area (Å²) in [6, 6.07) is 17.9. The number of amides is 2. The minimum atomic E-state index is -0.894. The van der Waals surface area contributed by atoms with Crippen LogP contribution < -0.4 is 10.6 Å². The molecule has 0 heterocycles. The lowest BCUT2D eigenvalue weighted by atomic mass is 10.2. The third-order valence-electron chi connectivity index (χ3n) is 3.06. The van der Waals surface area contributed by atoms with Crippen molar-refractivity contribution in [3.63, 3.8) is 0 Å². The summed E-state index contributed by atoms with van der Waals surface area (Å²) in [7, 11) is -0.894. The Labute approximate surface area is 143 Å². The van der Waals surface area contributed by atoms with E-state index in [-0.39, 0.29) is 6.03 Å². The second kappa shape index (κ2) is 9.37. The van der Waals surface area contributed by atoms with Gasteiger partial charge in [-0.1, -0.05) is 48.2 Å². The highest BCUT2D eigenvalue weighted by Crippen LogP contribution is 2.30. The van der Waals surface area contributed by atoms with E-state index in [1.54, 1.807) is 18.0 Å². The van der Waals surface area contributed by atoms with Crippen molar-refractivity contribution in [1.82, 2.24) is 10.6 Å².